The fraction of sp³-hybridized carbons (Fsp3) is 0.190. The molecule has 6 nitrogen and oxygen atoms in total. The summed E-state index contributed by atoms with van der Waals surface area (Å²) in [6, 6.07) is 10.8. The Balaban J connectivity index is 1.86. The lowest BCUT2D eigenvalue weighted by molar-refractivity contribution is -0.140. The number of ether oxygens (including phenoxy) is 1. The second-order valence-corrected chi connectivity index (χ2v) is 7.68. The summed E-state index contributed by atoms with van der Waals surface area (Å²) in [7, 11) is 1.35. The van der Waals surface area contributed by atoms with Crippen LogP contribution in [0.5, 0.6) is 0 Å². The molecule has 0 aliphatic carbocycles. The molecule has 4 rings (SSSR count). The lowest BCUT2D eigenvalue weighted by Crippen LogP contribution is -2.24. The predicted molar refractivity (Wildman–Crippen MR) is 113 cm³/mol. The van der Waals surface area contributed by atoms with Gasteiger partial charge in [-0.2, -0.15) is 0 Å². The zero-order valence-electron chi connectivity index (χ0n) is 15.6. The van der Waals surface area contributed by atoms with Crippen molar-refractivity contribution in [1.29, 1.82) is 0 Å². The molecular formula is C21H17ClN2O4S. The van der Waals surface area contributed by atoms with Gasteiger partial charge in [-0.05, 0) is 42.8 Å². The van der Waals surface area contributed by atoms with Crippen LogP contribution in [0.25, 0.3) is 32.9 Å². The average molecular weight is 429 g/mol. The van der Waals surface area contributed by atoms with E-state index in [1.807, 2.05) is 23.6 Å². The van der Waals surface area contributed by atoms with E-state index in [0.29, 0.717) is 39.8 Å². The second kappa shape index (κ2) is 8.23. The zero-order chi connectivity index (χ0) is 20.4. The number of hydrogen-bond donors (Lipinski definition) is 0. The lowest BCUT2D eigenvalue weighted by Gasteiger charge is -2.13. The summed E-state index contributed by atoms with van der Waals surface area (Å²) in [5, 5.41) is 2.99. The van der Waals surface area contributed by atoms with E-state index in [1.54, 1.807) is 29.0 Å². The highest BCUT2D eigenvalue weighted by Crippen LogP contribution is 2.32. The van der Waals surface area contributed by atoms with Gasteiger partial charge in [0.25, 0.3) is 5.56 Å². The number of esters is 1. The number of nitrogens with zero attached hydrogens (tertiary/aromatic N) is 2. The van der Waals surface area contributed by atoms with Gasteiger partial charge in [-0.25, -0.2) is 4.98 Å². The molecule has 3 heterocycles. The van der Waals surface area contributed by atoms with E-state index in [9.17, 15) is 9.59 Å². The molecule has 8 heteroatoms. The number of fused-ring (bicyclic) bond motifs is 1. The van der Waals surface area contributed by atoms with Crippen LogP contribution in [0.1, 0.15) is 12.8 Å². The van der Waals surface area contributed by atoms with Crippen molar-refractivity contribution in [2.24, 2.45) is 0 Å². The Labute approximate surface area is 175 Å². The normalized spacial score (nSPS) is 11.1. The third-order valence-electron chi connectivity index (χ3n) is 4.57. The van der Waals surface area contributed by atoms with Crippen molar-refractivity contribution < 1.29 is 13.9 Å². The van der Waals surface area contributed by atoms with Gasteiger partial charge >= 0.3 is 5.97 Å². The molecule has 148 valence electrons. The monoisotopic (exact) mass is 428 g/mol. The molecule has 0 N–H and O–H groups in total. The van der Waals surface area contributed by atoms with Crippen LogP contribution in [-0.4, -0.2) is 22.6 Å². The fourth-order valence-corrected chi connectivity index (χ4v) is 4.19. The summed E-state index contributed by atoms with van der Waals surface area (Å²) >= 11 is 7.41. The summed E-state index contributed by atoms with van der Waals surface area (Å²) < 4.78 is 11.8. The molecular weight excluding hydrogens is 412 g/mol. The first-order chi connectivity index (χ1) is 14.1. The number of rotatable bonds is 6. The molecule has 0 radical (unpaired) electrons. The van der Waals surface area contributed by atoms with E-state index in [1.165, 1.54) is 18.4 Å². The van der Waals surface area contributed by atoms with Crippen LogP contribution >= 0.6 is 22.9 Å². The Morgan fingerprint density at radius 1 is 1.28 bits per heavy atom. The number of methoxy groups -OCH3 is 1. The van der Waals surface area contributed by atoms with E-state index in [2.05, 4.69) is 0 Å². The first-order valence-electron chi connectivity index (χ1n) is 8.97. The largest absolute Gasteiger partial charge is 0.469 e. The first-order valence-corrected chi connectivity index (χ1v) is 10.2. The smallest absolute Gasteiger partial charge is 0.305 e. The minimum Gasteiger partial charge on any atom is -0.469 e. The average Bonchev–Trinajstić information content (AvgIpc) is 3.39. The highest BCUT2D eigenvalue weighted by atomic mass is 35.5. The summed E-state index contributed by atoms with van der Waals surface area (Å²) in [5.74, 6) is 0.847. The van der Waals surface area contributed by atoms with Gasteiger partial charge in [-0.1, -0.05) is 11.6 Å². The van der Waals surface area contributed by atoms with E-state index in [0.717, 1.165) is 11.1 Å². The number of aromatic nitrogens is 2. The van der Waals surface area contributed by atoms with E-state index in [-0.39, 0.29) is 17.9 Å². The Kier molecular flexibility index (Phi) is 5.51. The van der Waals surface area contributed by atoms with Gasteiger partial charge < -0.3 is 9.15 Å². The molecule has 1 aromatic carbocycles. The van der Waals surface area contributed by atoms with Crippen molar-refractivity contribution in [3.8, 4) is 22.7 Å². The topological polar surface area (TPSA) is 74.3 Å². The van der Waals surface area contributed by atoms with E-state index >= 15 is 0 Å². The standard InChI is InChI=1S/C21H17ClN2O4S/c1-27-17(25)5-2-10-24-19(13-6-8-14(22)9-7-13)23-20-18(21(24)26)15(12-29-20)16-4-3-11-28-16/h3-4,6-9,11-12H,2,5,10H2,1H3. The number of carbonyl (C=O) groups excluding carboxylic acids is 1. The van der Waals surface area contributed by atoms with Crippen LogP contribution in [0.4, 0.5) is 0 Å². The third-order valence-corrected chi connectivity index (χ3v) is 5.70. The Bertz CT molecular complexity index is 1210. The molecule has 0 aliphatic heterocycles. The van der Waals surface area contributed by atoms with Gasteiger partial charge in [-0.15, -0.1) is 11.3 Å². The van der Waals surface area contributed by atoms with Crippen molar-refractivity contribution in [1.82, 2.24) is 9.55 Å². The van der Waals surface area contributed by atoms with Gasteiger partial charge in [0.1, 0.15) is 16.4 Å². The molecule has 0 saturated heterocycles. The summed E-state index contributed by atoms with van der Waals surface area (Å²) in [5.41, 5.74) is 1.33. The lowest BCUT2D eigenvalue weighted by atomic mass is 10.1. The molecule has 0 saturated carbocycles. The minimum atomic E-state index is -0.313. The van der Waals surface area contributed by atoms with E-state index < -0.39 is 0 Å². The molecule has 0 fully saturated rings. The number of benzene rings is 1. The highest BCUT2D eigenvalue weighted by Gasteiger charge is 2.19. The van der Waals surface area contributed by atoms with Gasteiger partial charge in [0, 0.05) is 34.5 Å². The summed E-state index contributed by atoms with van der Waals surface area (Å²) in [4.78, 5) is 30.4. The molecule has 0 unspecified atom stereocenters. The van der Waals surface area contributed by atoms with Gasteiger partial charge in [0.15, 0.2) is 0 Å². The molecule has 0 amide bonds. The highest BCUT2D eigenvalue weighted by molar-refractivity contribution is 7.17. The molecule has 0 atom stereocenters. The molecule has 0 spiro atoms. The predicted octanol–water partition coefficient (Wildman–Crippen LogP) is 4.99. The van der Waals surface area contributed by atoms with Crippen LogP contribution in [0.2, 0.25) is 5.02 Å². The van der Waals surface area contributed by atoms with Crippen molar-refractivity contribution in [3.63, 3.8) is 0 Å². The molecule has 29 heavy (non-hydrogen) atoms. The number of hydrogen-bond acceptors (Lipinski definition) is 6. The summed E-state index contributed by atoms with van der Waals surface area (Å²) in [6.45, 7) is 0.336. The fourth-order valence-electron chi connectivity index (χ4n) is 3.15. The maximum Gasteiger partial charge on any atom is 0.305 e. The van der Waals surface area contributed by atoms with Crippen molar-refractivity contribution in [3.05, 3.63) is 63.4 Å². The van der Waals surface area contributed by atoms with E-state index in [4.69, 9.17) is 25.7 Å². The number of thiophene rings is 1. The summed E-state index contributed by atoms with van der Waals surface area (Å²) in [6.07, 6.45) is 2.25. The first kappa shape index (κ1) is 19.4. The number of carbonyl (C=O) groups is 1. The quantitative estimate of drug-likeness (QED) is 0.404. The molecule has 4 aromatic rings. The SMILES string of the molecule is COC(=O)CCCn1c(-c2ccc(Cl)cc2)nc2scc(-c3ccco3)c2c1=O. The molecule has 3 aromatic heterocycles. The Hall–Kier alpha value is -2.90. The van der Waals surface area contributed by atoms with Gasteiger partial charge in [0.2, 0.25) is 0 Å². The Morgan fingerprint density at radius 3 is 2.76 bits per heavy atom. The Morgan fingerprint density at radius 2 is 2.07 bits per heavy atom. The van der Waals surface area contributed by atoms with Crippen LogP contribution in [0.15, 0.2) is 57.3 Å². The van der Waals surface area contributed by atoms with Gasteiger partial charge in [0.05, 0.1) is 18.8 Å². The van der Waals surface area contributed by atoms with Crippen molar-refractivity contribution >= 4 is 39.1 Å². The number of furan rings is 1. The van der Waals surface area contributed by atoms with Crippen molar-refractivity contribution in [2.75, 3.05) is 7.11 Å². The van der Waals surface area contributed by atoms with Crippen LogP contribution in [0, 0.1) is 0 Å². The third kappa shape index (κ3) is 3.83. The van der Waals surface area contributed by atoms with Crippen LogP contribution < -0.4 is 5.56 Å². The molecule has 0 bridgehead atoms. The second-order valence-electron chi connectivity index (χ2n) is 6.39. The minimum absolute atomic E-state index is 0.169. The van der Waals surface area contributed by atoms with Gasteiger partial charge in [-0.3, -0.25) is 14.2 Å². The maximum atomic E-state index is 13.5. The maximum absolute atomic E-state index is 13.5. The van der Waals surface area contributed by atoms with Crippen LogP contribution in [-0.2, 0) is 16.1 Å². The van der Waals surface area contributed by atoms with Crippen molar-refractivity contribution in [2.45, 2.75) is 19.4 Å². The zero-order valence-corrected chi connectivity index (χ0v) is 17.1. The molecule has 0 aliphatic rings. The number of halogens is 1. The van der Waals surface area contributed by atoms with Crippen LogP contribution in [0.3, 0.4) is 0 Å².